The van der Waals surface area contributed by atoms with Gasteiger partial charge in [-0.1, -0.05) is 31.5 Å². The summed E-state index contributed by atoms with van der Waals surface area (Å²) in [7, 11) is 1.33. The van der Waals surface area contributed by atoms with Crippen LogP contribution in [0.4, 0.5) is 0 Å². The lowest BCUT2D eigenvalue weighted by atomic mass is 9.96. The molecule has 29 heavy (non-hydrogen) atoms. The first-order valence-electron chi connectivity index (χ1n) is 9.54. The number of phenols is 2. The van der Waals surface area contributed by atoms with Crippen LogP contribution >= 0.6 is 11.6 Å². The van der Waals surface area contributed by atoms with Crippen molar-refractivity contribution in [2.24, 2.45) is 0 Å². The highest BCUT2D eigenvalue weighted by Crippen LogP contribution is 2.38. The first-order valence-corrected chi connectivity index (χ1v) is 9.92. The zero-order chi connectivity index (χ0) is 21.7. The maximum atomic E-state index is 13.0. The van der Waals surface area contributed by atoms with Gasteiger partial charge in [0.25, 0.3) is 5.91 Å². The number of hydrogen-bond donors (Lipinski definition) is 2. The zero-order valence-electron chi connectivity index (χ0n) is 17.0. The molecule has 1 aliphatic rings. The number of carbonyl (C=O) groups excluding carboxylic acids is 2. The lowest BCUT2D eigenvalue weighted by molar-refractivity contribution is 0.0599. The number of halogens is 1. The minimum Gasteiger partial charge on any atom is -0.507 e. The van der Waals surface area contributed by atoms with Crippen LogP contribution in [0.5, 0.6) is 11.5 Å². The van der Waals surface area contributed by atoms with Crippen LogP contribution in [0.15, 0.2) is 30.3 Å². The average molecular weight is 420 g/mol. The standard InChI is InChI=1S/C20H20ClNO5.C2H6/c1-11-8-12(20(26)27-2)5-6-13(11)16-4-3-7-22(16)19(25)14-9-15(21)18(24)10-17(14)23;1-2/h5-6,8-10,16,23-24H,3-4,7H2,1-2H3;1-2H3. The molecule has 0 aromatic heterocycles. The molecule has 0 saturated carbocycles. The summed E-state index contributed by atoms with van der Waals surface area (Å²) in [4.78, 5) is 26.4. The highest BCUT2D eigenvalue weighted by atomic mass is 35.5. The quantitative estimate of drug-likeness (QED) is 0.694. The summed E-state index contributed by atoms with van der Waals surface area (Å²) in [6.07, 6.45) is 1.60. The van der Waals surface area contributed by atoms with Crippen molar-refractivity contribution < 1.29 is 24.5 Å². The summed E-state index contributed by atoms with van der Waals surface area (Å²) in [6.45, 7) is 6.43. The molecule has 2 aromatic rings. The van der Waals surface area contributed by atoms with Gasteiger partial charge >= 0.3 is 5.97 Å². The van der Waals surface area contributed by atoms with Crippen molar-refractivity contribution >= 4 is 23.5 Å². The van der Waals surface area contributed by atoms with Gasteiger partial charge in [0.15, 0.2) is 0 Å². The Bertz CT molecular complexity index is 912. The summed E-state index contributed by atoms with van der Waals surface area (Å²) in [5.74, 6) is -1.36. The molecule has 1 unspecified atom stereocenters. The largest absolute Gasteiger partial charge is 0.507 e. The number of aromatic hydroxyl groups is 2. The van der Waals surface area contributed by atoms with Gasteiger partial charge in [0, 0.05) is 12.6 Å². The molecule has 0 radical (unpaired) electrons. The zero-order valence-corrected chi connectivity index (χ0v) is 17.8. The Kier molecular flexibility index (Phi) is 7.51. The lowest BCUT2D eigenvalue weighted by Gasteiger charge is -2.27. The van der Waals surface area contributed by atoms with E-state index in [1.165, 1.54) is 13.2 Å². The van der Waals surface area contributed by atoms with Crippen molar-refractivity contribution in [2.45, 2.75) is 39.7 Å². The molecule has 1 atom stereocenters. The van der Waals surface area contributed by atoms with Gasteiger partial charge in [-0.05, 0) is 49.1 Å². The molecular formula is C22H26ClNO5. The number of esters is 1. The van der Waals surface area contributed by atoms with Crippen molar-refractivity contribution in [3.05, 3.63) is 57.6 Å². The van der Waals surface area contributed by atoms with E-state index < -0.39 is 5.97 Å². The molecule has 1 saturated heterocycles. The number of amides is 1. The van der Waals surface area contributed by atoms with E-state index in [0.29, 0.717) is 12.1 Å². The van der Waals surface area contributed by atoms with Crippen LogP contribution < -0.4 is 0 Å². The van der Waals surface area contributed by atoms with Crippen molar-refractivity contribution in [1.29, 1.82) is 0 Å². The lowest BCUT2D eigenvalue weighted by Crippen LogP contribution is -2.31. The number of rotatable bonds is 3. The van der Waals surface area contributed by atoms with Gasteiger partial charge in [-0.25, -0.2) is 4.79 Å². The van der Waals surface area contributed by atoms with Crippen LogP contribution in [0, 0.1) is 6.92 Å². The molecule has 6 nitrogen and oxygen atoms in total. The minimum atomic E-state index is -0.410. The van der Waals surface area contributed by atoms with E-state index in [1.807, 2.05) is 26.8 Å². The topological polar surface area (TPSA) is 87.1 Å². The highest BCUT2D eigenvalue weighted by molar-refractivity contribution is 6.32. The van der Waals surface area contributed by atoms with Gasteiger partial charge in [0.05, 0.1) is 29.3 Å². The fourth-order valence-corrected chi connectivity index (χ4v) is 3.67. The van der Waals surface area contributed by atoms with Gasteiger partial charge in [-0.3, -0.25) is 4.79 Å². The van der Waals surface area contributed by atoms with E-state index in [-0.39, 0.29) is 34.0 Å². The number of likely N-dealkylation sites (tertiary alicyclic amines) is 1. The molecule has 1 fully saturated rings. The molecule has 7 heteroatoms. The molecule has 2 N–H and O–H groups in total. The van der Waals surface area contributed by atoms with Crippen LogP contribution in [-0.2, 0) is 4.74 Å². The molecular weight excluding hydrogens is 394 g/mol. The predicted molar refractivity (Wildman–Crippen MR) is 112 cm³/mol. The van der Waals surface area contributed by atoms with Crippen molar-refractivity contribution in [2.75, 3.05) is 13.7 Å². The van der Waals surface area contributed by atoms with E-state index in [2.05, 4.69) is 0 Å². The van der Waals surface area contributed by atoms with Crippen LogP contribution in [0.2, 0.25) is 5.02 Å². The highest BCUT2D eigenvalue weighted by Gasteiger charge is 2.33. The number of benzene rings is 2. The Labute approximate surface area is 175 Å². The third kappa shape index (κ3) is 4.65. The number of ether oxygens (including phenoxy) is 1. The van der Waals surface area contributed by atoms with Gasteiger partial charge < -0.3 is 19.8 Å². The molecule has 3 rings (SSSR count). The van der Waals surface area contributed by atoms with E-state index in [4.69, 9.17) is 16.3 Å². The SMILES string of the molecule is CC.COC(=O)c1ccc(C2CCCN2C(=O)c2cc(Cl)c(O)cc2O)c(C)c1. The number of carbonyl (C=O) groups is 2. The summed E-state index contributed by atoms with van der Waals surface area (Å²) in [5.41, 5.74) is 2.33. The van der Waals surface area contributed by atoms with Crippen molar-refractivity contribution in [3.63, 3.8) is 0 Å². The van der Waals surface area contributed by atoms with E-state index in [1.54, 1.807) is 17.0 Å². The molecule has 0 spiro atoms. The van der Waals surface area contributed by atoms with E-state index in [0.717, 1.165) is 30.0 Å². The van der Waals surface area contributed by atoms with Gasteiger partial charge in [0.2, 0.25) is 0 Å². The summed E-state index contributed by atoms with van der Waals surface area (Å²) in [6, 6.07) is 7.44. The van der Waals surface area contributed by atoms with Crippen molar-refractivity contribution in [3.8, 4) is 11.5 Å². The molecule has 0 aliphatic carbocycles. The third-order valence-corrected chi connectivity index (χ3v) is 5.16. The Morgan fingerprint density at radius 2 is 1.83 bits per heavy atom. The Hall–Kier alpha value is -2.73. The van der Waals surface area contributed by atoms with Crippen LogP contribution in [0.1, 0.15) is 64.6 Å². The number of nitrogens with zero attached hydrogens (tertiary/aromatic N) is 1. The predicted octanol–water partition coefficient (Wildman–Crippen LogP) is 4.85. The second kappa shape index (κ2) is 9.65. The van der Waals surface area contributed by atoms with Gasteiger partial charge in [0.1, 0.15) is 11.5 Å². The summed E-state index contributed by atoms with van der Waals surface area (Å²) >= 11 is 5.90. The Morgan fingerprint density at radius 3 is 2.45 bits per heavy atom. The maximum Gasteiger partial charge on any atom is 0.337 e. The monoisotopic (exact) mass is 419 g/mol. The van der Waals surface area contributed by atoms with Gasteiger partial charge in [-0.15, -0.1) is 0 Å². The van der Waals surface area contributed by atoms with Crippen LogP contribution in [0.25, 0.3) is 0 Å². The molecule has 156 valence electrons. The fourth-order valence-electron chi connectivity index (χ4n) is 3.50. The molecule has 1 aliphatic heterocycles. The third-order valence-electron chi connectivity index (χ3n) is 4.86. The second-order valence-corrected chi connectivity index (χ2v) is 6.95. The minimum absolute atomic E-state index is 0.00510. The average Bonchev–Trinajstić information content (AvgIpc) is 3.20. The molecule has 2 aromatic carbocycles. The molecule has 0 bridgehead atoms. The smallest absolute Gasteiger partial charge is 0.337 e. The van der Waals surface area contributed by atoms with Gasteiger partial charge in [-0.2, -0.15) is 0 Å². The number of hydrogen-bond acceptors (Lipinski definition) is 5. The second-order valence-electron chi connectivity index (χ2n) is 6.54. The normalized spacial score (nSPS) is 15.5. The van der Waals surface area contributed by atoms with Crippen molar-refractivity contribution in [1.82, 2.24) is 4.90 Å². The Morgan fingerprint density at radius 1 is 1.14 bits per heavy atom. The summed E-state index contributed by atoms with van der Waals surface area (Å²) < 4.78 is 4.74. The van der Waals surface area contributed by atoms with E-state index >= 15 is 0 Å². The Balaban J connectivity index is 0.00000145. The van der Waals surface area contributed by atoms with E-state index in [9.17, 15) is 19.8 Å². The number of aryl methyl sites for hydroxylation is 1. The first-order chi connectivity index (χ1) is 13.8. The maximum absolute atomic E-state index is 13.0. The molecule has 1 heterocycles. The van der Waals surface area contributed by atoms with Crippen LogP contribution in [0.3, 0.4) is 0 Å². The van der Waals surface area contributed by atoms with Crippen LogP contribution in [-0.4, -0.2) is 40.6 Å². The fraction of sp³-hybridized carbons (Fsp3) is 0.364. The molecule has 1 amide bonds. The first kappa shape index (κ1) is 22.6. The summed E-state index contributed by atoms with van der Waals surface area (Å²) in [5, 5.41) is 19.6. The number of phenolic OH excluding ortho intramolecular Hbond substituents is 2. The number of methoxy groups -OCH3 is 1.